The van der Waals surface area contributed by atoms with Gasteiger partial charge in [-0.2, -0.15) is 0 Å². The van der Waals surface area contributed by atoms with Crippen LogP contribution in [0.1, 0.15) is 45.4 Å². The van der Waals surface area contributed by atoms with E-state index in [4.69, 9.17) is 5.11 Å². The lowest BCUT2D eigenvalue weighted by atomic mass is 9.97. The third-order valence-electron chi connectivity index (χ3n) is 4.43. The van der Waals surface area contributed by atoms with Gasteiger partial charge in [-0.1, -0.05) is 12.8 Å². The summed E-state index contributed by atoms with van der Waals surface area (Å²) in [6.07, 6.45) is 6.14. The van der Waals surface area contributed by atoms with Crippen LogP contribution in [0, 0.1) is 5.92 Å². The third-order valence-corrected chi connectivity index (χ3v) is 4.43. The second-order valence-electron chi connectivity index (χ2n) is 5.84. The number of amides is 1. The zero-order chi connectivity index (χ0) is 13.8. The van der Waals surface area contributed by atoms with Crippen LogP contribution >= 0.6 is 12.4 Å². The van der Waals surface area contributed by atoms with Crippen LogP contribution in [0.2, 0.25) is 0 Å². The second kappa shape index (κ2) is 7.84. The maximum atomic E-state index is 12.2. The number of carboxylic acid groups (broad SMARTS) is 1. The molecule has 0 aromatic rings. The molecule has 2 atom stereocenters. The molecule has 0 radical (unpaired) electrons. The minimum absolute atomic E-state index is 0. The first-order valence-corrected chi connectivity index (χ1v) is 7.35. The summed E-state index contributed by atoms with van der Waals surface area (Å²) in [7, 11) is 0. The summed E-state index contributed by atoms with van der Waals surface area (Å²) in [4.78, 5) is 25.2. The highest BCUT2D eigenvalue weighted by molar-refractivity contribution is 5.85. The van der Waals surface area contributed by atoms with Gasteiger partial charge in [0.15, 0.2) is 0 Å². The zero-order valence-corrected chi connectivity index (χ0v) is 12.8. The molecule has 0 spiro atoms. The van der Waals surface area contributed by atoms with E-state index in [9.17, 15) is 9.59 Å². The van der Waals surface area contributed by atoms with Crippen LogP contribution in [0.25, 0.3) is 0 Å². The van der Waals surface area contributed by atoms with Crippen molar-refractivity contribution < 1.29 is 14.7 Å². The fourth-order valence-corrected chi connectivity index (χ4v) is 3.12. The molecule has 5 nitrogen and oxygen atoms in total. The topological polar surface area (TPSA) is 69.6 Å². The number of carbonyl (C=O) groups is 2. The molecule has 1 saturated carbocycles. The molecule has 0 bridgehead atoms. The van der Waals surface area contributed by atoms with Gasteiger partial charge in [-0.3, -0.25) is 14.5 Å². The molecule has 1 saturated heterocycles. The number of nitrogens with zero attached hydrogens (tertiary/aromatic N) is 1. The van der Waals surface area contributed by atoms with Gasteiger partial charge in [0.25, 0.3) is 0 Å². The van der Waals surface area contributed by atoms with Gasteiger partial charge in [0.05, 0.1) is 12.0 Å². The number of nitrogens with one attached hydrogen (secondary N) is 1. The fourth-order valence-electron chi connectivity index (χ4n) is 3.12. The number of rotatable bonds is 4. The molecule has 2 rings (SSSR count). The van der Waals surface area contributed by atoms with Gasteiger partial charge >= 0.3 is 5.97 Å². The second-order valence-corrected chi connectivity index (χ2v) is 5.84. The first kappa shape index (κ1) is 17.2. The quantitative estimate of drug-likeness (QED) is 0.828. The summed E-state index contributed by atoms with van der Waals surface area (Å²) >= 11 is 0. The number of likely N-dealkylation sites (tertiary alicyclic amines) is 1. The van der Waals surface area contributed by atoms with Crippen LogP contribution in [-0.4, -0.2) is 47.1 Å². The van der Waals surface area contributed by atoms with Crippen molar-refractivity contribution in [2.45, 2.75) is 57.5 Å². The van der Waals surface area contributed by atoms with Crippen LogP contribution in [0.5, 0.6) is 0 Å². The average molecular weight is 305 g/mol. The zero-order valence-electron chi connectivity index (χ0n) is 12.0. The van der Waals surface area contributed by atoms with Crippen molar-refractivity contribution in [1.29, 1.82) is 0 Å². The van der Waals surface area contributed by atoms with E-state index in [0.29, 0.717) is 12.6 Å². The largest absolute Gasteiger partial charge is 0.481 e. The summed E-state index contributed by atoms with van der Waals surface area (Å²) in [5, 5.41) is 12.2. The van der Waals surface area contributed by atoms with Gasteiger partial charge in [-0.05, 0) is 39.2 Å². The van der Waals surface area contributed by atoms with E-state index in [1.54, 1.807) is 0 Å². The Bertz CT molecular complexity index is 345. The summed E-state index contributed by atoms with van der Waals surface area (Å²) in [5.41, 5.74) is 0. The number of carbonyl (C=O) groups excluding carboxylic acids is 1. The molecule has 116 valence electrons. The van der Waals surface area contributed by atoms with Crippen molar-refractivity contribution in [3.05, 3.63) is 0 Å². The summed E-state index contributed by atoms with van der Waals surface area (Å²) < 4.78 is 0. The molecule has 2 N–H and O–H groups in total. The molecular formula is C14H25ClN2O3. The molecule has 1 aliphatic carbocycles. The summed E-state index contributed by atoms with van der Waals surface area (Å²) in [6.45, 7) is 3.20. The third kappa shape index (κ3) is 4.35. The van der Waals surface area contributed by atoms with E-state index in [1.165, 1.54) is 12.8 Å². The first-order chi connectivity index (χ1) is 9.08. The normalized spacial score (nSPS) is 25.8. The van der Waals surface area contributed by atoms with Crippen molar-refractivity contribution in [2.24, 2.45) is 5.92 Å². The van der Waals surface area contributed by atoms with E-state index in [1.807, 2.05) is 11.8 Å². The highest BCUT2D eigenvalue weighted by Gasteiger charge is 2.31. The van der Waals surface area contributed by atoms with Crippen LogP contribution in [0.15, 0.2) is 0 Å². The van der Waals surface area contributed by atoms with Crippen LogP contribution < -0.4 is 5.32 Å². The van der Waals surface area contributed by atoms with Crippen LogP contribution in [-0.2, 0) is 9.59 Å². The number of aliphatic carboxylic acids is 1. The maximum absolute atomic E-state index is 12.2. The predicted octanol–water partition coefficient (Wildman–Crippen LogP) is 1.65. The SMILES string of the molecule is CC(C(=O)NC1CCCC1)N1CCCC(C(=O)O)C1.Cl. The van der Waals surface area contributed by atoms with Crippen molar-refractivity contribution in [3.8, 4) is 0 Å². The standard InChI is InChI=1S/C14H24N2O3.ClH/c1-10(13(17)15-12-6-2-3-7-12)16-8-4-5-11(9-16)14(18)19;/h10-12H,2-9H2,1H3,(H,15,17)(H,18,19);1H. The molecule has 1 heterocycles. The number of carboxylic acids is 1. The average Bonchev–Trinajstić information content (AvgIpc) is 2.90. The lowest BCUT2D eigenvalue weighted by Crippen LogP contribution is -2.51. The van der Waals surface area contributed by atoms with Gasteiger partial charge < -0.3 is 10.4 Å². The Morgan fingerprint density at radius 2 is 1.85 bits per heavy atom. The number of hydrogen-bond acceptors (Lipinski definition) is 3. The first-order valence-electron chi connectivity index (χ1n) is 7.35. The van der Waals surface area contributed by atoms with Crippen molar-refractivity contribution in [2.75, 3.05) is 13.1 Å². The molecule has 2 unspecified atom stereocenters. The Balaban J connectivity index is 0.00000200. The molecular weight excluding hydrogens is 280 g/mol. The van der Waals surface area contributed by atoms with E-state index < -0.39 is 5.97 Å². The Labute approximate surface area is 126 Å². The Hall–Kier alpha value is -0.810. The molecule has 0 aromatic heterocycles. The van der Waals surface area contributed by atoms with Crippen LogP contribution in [0.4, 0.5) is 0 Å². The lowest BCUT2D eigenvalue weighted by molar-refractivity contribution is -0.145. The fraction of sp³-hybridized carbons (Fsp3) is 0.857. The highest BCUT2D eigenvalue weighted by atomic mass is 35.5. The Morgan fingerprint density at radius 3 is 2.45 bits per heavy atom. The molecule has 2 aliphatic rings. The molecule has 0 aromatic carbocycles. The lowest BCUT2D eigenvalue weighted by Gasteiger charge is -2.34. The van der Waals surface area contributed by atoms with Gasteiger partial charge in [-0.25, -0.2) is 0 Å². The van der Waals surface area contributed by atoms with E-state index in [-0.39, 0.29) is 30.3 Å². The molecule has 2 fully saturated rings. The predicted molar refractivity (Wildman–Crippen MR) is 79.0 cm³/mol. The number of hydrogen-bond donors (Lipinski definition) is 2. The number of piperidine rings is 1. The van der Waals surface area contributed by atoms with Crippen molar-refractivity contribution in [3.63, 3.8) is 0 Å². The van der Waals surface area contributed by atoms with Crippen molar-refractivity contribution in [1.82, 2.24) is 10.2 Å². The highest BCUT2D eigenvalue weighted by Crippen LogP contribution is 2.20. The smallest absolute Gasteiger partial charge is 0.307 e. The van der Waals surface area contributed by atoms with Crippen LogP contribution in [0.3, 0.4) is 0 Å². The maximum Gasteiger partial charge on any atom is 0.307 e. The number of halogens is 1. The molecule has 1 amide bonds. The van der Waals surface area contributed by atoms with Gasteiger partial charge in [0.1, 0.15) is 0 Å². The molecule has 1 aliphatic heterocycles. The summed E-state index contributed by atoms with van der Waals surface area (Å²) in [6, 6.07) is 0.109. The molecule has 6 heteroatoms. The monoisotopic (exact) mass is 304 g/mol. The van der Waals surface area contributed by atoms with E-state index in [2.05, 4.69) is 5.32 Å². The van der Waals surface area contributed by atoms with Crippen molar-refractivity contribution >= 4 is 24.3 Å². The molecule has 20 heavy (non-hydrogen) atoms. The summed E-state index contributed by atoms with van der Waals surface area (Å²) in [5.74, 6) is -1.01. The Kier molecular flexibility index (Phi) is 6.76. The van der Waals surface area contributed by atoms with E-state index >= 15 is 0 Å². The van der Waals surface area contributed by atoms with Gasteiger partial charge in [-0.15, -0.1) is 12.4 Å². The minimum atomic E-state index is -0.742. The van der Waals surface area contributed by atoms with E-state index in [0.717, 1.165) is 32.2 Å². The minimum Gasteiger partial charge on any atom is -0.481 e. The Morgan fingerprint density at radius 1 is 1.20 bits per heavy atom. The van der Waals surface area contributed by atoms with Gasteiger partial charge in [0.2, 0.25) is 5.91 Å². The van der Waals surface area contributed by atoms with Gasteiger partial charge in [0, 0.05) is 12.6 Å².